The Kier molecular flexibility index (Phi) is 3.22. The maximum Gasteiger partial charge on any atom is 0.260 e. The SMILES string of the molecule is CC1(C)CCCC1NS(=O)(=O)c1c(N)nc2ccccn12. The minimum Gasteiger partial charge on any atom is -0.381 e. The smallest absolute Gasteiger partial charge is 0.260 e. The highest BCUT2D eigenvalue weighted by molar-refractivity contribution is 7.89. The summed E-state index contributed by atoms with van der Waals surface area (Å²) in [5.74, 6) is 0.0319. The Morgan fingerprint density at radius 1 is 1.43 bits per heavy atom. The van der Waals surface area contributed by atoms with Crippen LogP contribution in [0.3, 0.4) is 0 Å². The number of nitrogens with two attached hydrogens (primary N) is 1. The van der Waals surface area contributed by atoms with E-state index in [0.29, 0.717) is 5.65 Å². The number of anilines is 1. The van der Waals surface area contributed by atoms with Gasteiger partial charge in [0.15, 0.2) is 10.8 Å². The summed E-state index contributed by atoms with van der Waals surface area (Å²) in [6.07, 6.45) is 4.56. The Balaban J connectivity index is 2.03. The number of sulfonamides is 1. The van der Waals surface area contributed by atoms with Crippen molar-refractivity contribution in [2.45, 2.75) is 44.2 Å². The van der Waals surface area contributed by atoms with Gasteiger partial charge in [0.2, 0.25) is 0 Å². The van der Waals surface area contributed by atoms with Crippen molar-refractivity contribution in [2.24, 2.45) is 5.41 Å². The summed E-state index contributed by atoms with van der Waals surface area (Å²) in [5.41, 5.74) is 6.32. The quantitative estimate of drug-likeness (QED) is 0.904. The van der Waals surface area contributed by atoms with Crippen molar-refractivity contribution in [2.75, 3.05) is 5.73 Å². The molecule has 1 aliphatic carbocycles. The minimum atomic E-state index is -3.70. The van der Waals surface area contributed by atoms with Crippen molar-refractivity contribution in [3.63, 3.8) is 0 Å². The molecule has 6 nitrogen and oxygen atoms in total. The molecule has 1 fully saturated rings. The third-order valence-corrected chi connectivity index (χ3v) is 5.83. The van der Waals surface area contributed by atoms with E-state index in [2.05, 4.69) is 23.6 Å². The van der Waals surface area contributed by atoms with Crippen LogP contribution in [0.4, 0.5) is 5.82 Å². The Morgan fingerprint density at radius 3 is 2.86 bits per heavy atom. The van der Waals surface area contributed by atoms with Gasteiger partial charge in [-0.25, -0.2) is 18.1 Å². The number of nitrogens with one attached hydrogen (secondary N) is 1. The van der Waals surface area contributed by atoms with Crippen molar-refractivity contribution < 1.29 is 8.42 Å². The molecule has 114 valence electrons. The molecule has 7 heteroatoms. The van der Waals surface area contributed by atoms with Gasteiger partial charge in [0.1, 0.15) is 5.65 Å². The van der Waals surface area contributed by atoms with Gasteiger partial charge in [0.25, 0.3) is 10.0 Å². The standard InChI is InChI=1S/C14H20N4O2S/c1-14(2)8-5-6-10(14)17-21(19,20)13-12(15)16-11-7-3-4-9-18(11)13/h3-4,7,9-10,17H,5-6,8,15H2,1-2H3. The number of hydrogen-bond acceptors (Lipinski definition) is 4. The number of rotatable bonds is 3. The molecule has 2 aromatic rings. The van der Waals surface area contributed by atoms with E-state index >= 15 is 0 Å². The molecule has 3 rings (SSSR count). The van der Waals surface area contributed by atoms with Crippen molar-refractivity contribution in [3.8, 4) is 0 Å². The van der Waals surface area contributed by atoms with Gasteiger partial charge in [-0.1, -0.05) is 26.3 Å². The summed E-state index contributed by atoms with van der Waals surface area (Å²) in [5, 5.41) is 0.0285. The predicted molar refractivity (Wildman–Crippen MR) is 81.3 cm³/mol. The third kappa shape index (κ3) is 2.40. The number of nitrogens with zero attached hydrogens (tertiary/aromatic N) is 2. The maximum atomic E-state index is 12.7. The fourth-order valence-corrected chi connectivity index (χ4v) is 4.70. The molecule has 0 spiro atoms. The Bertz CT molecular complexity index is 779. The van der Waals surface area contributed by atoms with Gasteiger partial charge in [-0.15, -0.1) is 0 Å². The third-order valence-electron chi connectivity index (χ3n) is 4.32. The molecule has 0 radical (unpaired) electrons. The van der Waals surface area contributed by atoms with Crippen LogP contribution in [0.1, 0.15) is 33.1 Å². The van der Waals surface area contributed by atoms with Crippen molar-refractivity contribution in [1.82, 2.24) is 14.1 Å². The number of fused-ring (bicyclic) bond motifs is 1. The van der Waals surface area contributed by atoms with Crippen LogP contribution < -0.4 is 10.5 Å². The second kappa shape index (κ2) is 4.71. The average molecular weight is 308 g/mol. The van der Waals surface area contributed by atoms with Crippen LogP contribution in [-0.2, 0) is 10.0 Å². The Hall–Kier alpha value is -1.60. The largest absolute Gasteiger partial charge is 0.381 e. The van der Waals surface area contributed by atoms with Gasteiger partial charge < -0.3 is 5.73 Å². The molecule has 0 amide bonds. The number of hydrogen-bond donors (Lipinski definition) is 2. The monoisotopic (exact) mass is 308 g/mol. The fourth-order valence-electron chi connectivity index (χ4n) is 3.05. The molecule has 21 heavy (non-hydrogen) atoms. The zero-order chi connectivity index (χ0) is 15.3. The van der Waals surface area contributed by atoms with Crippen LogP contribution in [0, 0.1) is 5.41 Å². The highest BCUT2D eigenvalue weighted by atomic mass is 32.2. The summed E-state index contributed by atoms with van der Waals surface area (Å²) in [6.45, 7) is 4.18. The molecule has 0 aromatic carbocycles. The molecule has 1 aliphatic rings. The Morgan fingerprint density at radius 2 is 2.19 bits per heavy atom. The molecule has 1 atom stereocenters. The van der Waals surface area contributed by atoms with Crippen LogP contribution in [0.15, 0.2) is 29.4 Å². The second-order valence-corrected chi connectivity index (χ2v) is 7.91. The molecule has 2 heterocycles. The summed E-state index contributed by atoms with van der Waals surface area (Å²) < 4.78 is 29.8. The van der Waals surface area contributed by atoms with E-state index in [1.807, 2.05) is 0 Å². The fraction of sp³-hybridized carbons (Fsp3) is 0.500. The van der Waals surface area contributed by atoms with E-state index in [1.165, 1.54) is 4.40 Å². The summed E-state index contributed by atoms with van der Waals surface area (Å²) in [7, 11) is -3.70. The summed E-state index contributed by atoms with van der Waals surface area (Å²) >= 11 is 0. The van der Waals surface area contributed by atoms with Crippen molar-refractivity contribution in [3.05, 3.63) is 24.4 Å². The lowest BCUT2D eigenvalue weighted by Crippen LogP contribution is -2.41. The predicted octanol–water partition coefficient (Wildman–Crippen LogP) is 1.77. The number of aromatic nitrogens is 2. The second-order valence-electron chi connectivity index (χ2n) is 6.29. The summed E-state index contributed by atoms with van der Waals surface area (Å²) in [6, 6.07) is 5.21. The van der Waals surface area contributed by atoms with Crippen molar-refractivity contribution in [1.29, 1.82) is 0 Å². The lowest BCUT2D eigenvalue weighted by Gasteiger charge is -2.27. The molecule has 1 saturated carbocycles. The van der Waals surface area contributed by atoms with Gasteiger partial charge >= 0.3 is 0 Å². The van der Waals surface area contributed by atoms with Crippen LogP contribution in [0.2, 0.25) is 0 Å². The minimum absolute atomic E-state index is 0.0285. The molecular weight excluding hydrogens is 288 g/mol. The van der Waals surface area contributed by atoms with Crippen LogP contribution in [0.5, 0.6) is 0 Å². The molecule has 3 N–H and O–H groups in total. The van der Waals surface area contributed by atoms with E-state index in [0.717, 1.165) is 19.3 Å². The first-order valence-electron chi connectivity index (χ1n) is 7.06. The van der Waals surface area contributed by atoms with E-state index in [1.54, 1.807) is 24.4 Å². The van der Waals surface area contributed by atoms with Gasteiger partial charge in [-0.2, -0.15) is 0 Å². The average Bonchev–Trinajstić information content (AvgIpc) is 2.88. The zero-order valence-electron chi connectivity index (χ0n) is 12.2. The van der Waals surface area contributed by atoms with Gasteiger partial charge in [0, 0.05) is 12.2 Å². The van der Waals surface area contributed by atoms with Crippen LogP contribution in [-0.4, -0.2) is 23.8 Å². The van der Waals surface area contributed by atoms with Crippen LogP contribution in [0.25, 0.3) is 5.65 Å². The number of nitrogen functional groups attached to an aromatic ring is 1. The molecule has 2 aromatic heterocycles. The van der Waals surface area contributed by atoms with E-state index < -0.39 is 10.0 Å². The number of imidazole rings is 1. The normalized spacial score (nSPS) is 21.9. The first-order valence-corrected chi connectivity index (χ1v) is 8.54. The van der Waals surface area contributed by atoms with Gasteiger partial charge in [-0.05, 0) is 30.4 Å². The zero-order valence-corrected chi connectivity index (χ0v) is 13.0. The van der Waals surface area contributed by atoms with Crippen LogP contribution >= 0.6 is 0 Å². The van der Waals surface area contributed by atoms with Gasteiger partial charge in [0.05, 0.1) is 0 Å². The highest BCUT2D eigenvalue weighted by Gasteiger charge is 2.38. The molecule has 1 unspecified atom stereocenters. The number of pyridine rings is 1. The molecule has 0 aliphatic heterocycles. The van der Waals surface area contributed by atoms with Crippen molar-refractivity contribution >= 4 is 21.5 Å². The molecular formula is C14H20N4O2S. The van der Waals surface area contributed by atoms with E-state index in [9.17, 15) is 8.42 Å². The topological polar surface area (TPSA) is 89.5 Å². The maximum absolute atomic E-state index is 12.7. The summed E-state index contributed by atoms with van der Waals surface area (Å²) in [4.78, 5) is 4.11. The lowest BCUT2D eigenvalue weighted by atomic mass is 9.88. The molecule has 0 saturated heterocycles. The van der Waals surface area contributed by atoms with E-state index in [-0.39, 0.29) is 22.3 Å². The first-order chi connectivity index (χ1) is 9.81. The first kappa shape index (κ1) is 14.3. The molecule has 0 bridgehead atoms. The lowest BCUT2D eigenvalue weighted by molar-refractivity contribution is 0.312. The highest BCUT2D eigenvalue weighted by Crippen LogP contribution is 2.38. The van der Waals surface area contributed by atoms with Gasteiger partial charge in [-0.3, -0.25) is 4.40 Å². The Labute approximate surface area is 124 Å². The van der Waals surface area contributed by atoms with E-state index in [4.69, 9.17) is 5.73 Å².